The SMILES string of the molecule is c1ncc2c(n1)nc1n2c2nc3ncncc3n2c2nc3ncncc3n12. The van der Waals surface area contributed by atoms with Crippen LogP contribution in [0.25, 0.3) is 50.8 Å². The van der Waals surface area contributed by atoms with Gasteiger partial charge in [-0.3, -0.25) is 0 Å². The second-order valence-corrected chi connectivity index (χ2v) is 5.94. The Bertz CT molecular complexity index is 1460. The number of aromatic nitrogens is 12. The van der Waals surface area contributed by atoms with Gasteiger partial charge in [0.25, 0.3) is 0 Å². The highest BCUT2D eigenvalue weighted by Gasteiger charge is 2.21. The fraction of sp³-hybridized carbons (Fsp3) is 0. The highest BCUT2D eigenvalue weighted by Crippen LogP contribution is 2.25. The van der Waals surface area contributed by atoms with Gasteiger partial charge in [-0.05, 0) is 0 Å². The Labute approximate surface area is 147 Å². The average molecular weight is 354 g/mol. The summed E-state index contributed by atoms with van der Waals surface area (Å²) >= 11 is 0. The van der Waals surface area contributed by atoms with E-state index in [1.165, 1.54) is 19.0 Å². The van der Waals surface area contributed by atoms with Crippen molar-refractivity contribution < 1.29 is 0 Å². The molecule has 12 heteroatoms. The molecule has 0 radical (unpaired) electrons. The third-order valence-electron chi connectivity index (χ3n) is 4.56. The van der Waals surface area contributed by atoms with Gasteiger partial charge >= 0.3 is 0 Å². The summed E-state index contributed by atoms with van der Waals surface area (Å²) in [5.74, 6) is 1.77. The molecule has 0 atom stereocenters. The molecule has 0 aliphatic heterocycles. The minimum absolute atomic E-state index is 0.552. The molecule has 0 bridgehead atoms. The van der Waals surface area contributed by atoms with E-state index in [0.29, 0.717) is 34.3 Å². The standard InChI is InChI=1S/C15H6N12/c1-7-10(19-4-16-1)22-13-25(7)14-23-11-8(2-17-5-20-11)27(14)15-24-12-9(26(13)15)3-18-6-21-12/h1-6H. The van der Waals surface area contributed by atoms with Crippen molar-refractivity contribution in [2.75, 3.05) is 0 Å². The number of fused-ring (bicyclic) bond motifs is 12. The van der Waals surface area contributed by atoms with Crippen molar-refractivity contribution in [1.82, 2.24) is 58.1 Å². The van der Waals surface area contributed by atoms with Gasteiger partial charge in [0.15, 0.2) is 16.9 Å². The van der Waals surface area contributed by atoms with Gasteiger partial charge in [0.2, 0.25) is 17.3 Å². The Morgan fingerprint density at radius 2 is 0.815 bits per heavy atom. The van der Waals surface area contributed by atoms with Crippen molar-refractivity contribution in [1.29, 1.82) is 0 Å². The van der Waals surface area contributed by atoms with E-state index in [1.807, 2.05) is 13.2 Å². The lowest BCUT2D eigenvalue weighted by atomic mass is 10.5. The maximum atomic E-state index is 4.68. The van der Waals surface area contributed by atoms with Crippen LogP contribution >= 0.6 is 0 Å². The number of hydrogen-bond acceptors (Lipinski definition) is 9. The van der Waals surface area contributed by atoms with Gasteiger partial charge < -0.3 is 0 Å². The van der Waals surface area contributed by atoms with Crippen LogP contribution in [0.2, 0.25) is 0 Å². The Hall–Kier alpha value is -4.35. The molecule has 0 aliphatic carbocycles. The van der Waals surface area contributed by atoms with E-state index in [0.717, 1.165) is 16.6 Å². The Morgan fingerprint density at radius 3 is 1.15 bits per heavy atom. The first-order valence-electron chi connectivity index (χ1n) is 7.96. The molecule has 0 unspecified atom stereocenters. The molecule has 27 heavy (non-hydrogen) atoms. The first-order chi connectivity index (χ1) is 13.4. The number of hydrogen-bond donors (Lipinski definition) is 0. The van der Waals surface area contributed by atoms with Crippen LogP contribution in [0.15, 0.2) is 37.6 Å². The van der Waals surface area contributed by atoms with E-state index in [4.69, 9.17) is 0 Å². The van der Waals surface area contributed by atoms with Crippen LogP contribution in [0.3, 0.4) is 0 Å². The van der Waals surface area contributed by atoms with Crippen LogP contribution in [0.5, 0.6) is 0 Å². The van der Waals surface area contributed by atoms with Crippen LogP contribution in [-0.4, -0.2) is 58.1 Å². The smallest absolute Gasteiger partial charge is 0.227 e. The van der Waals surface area contributed by atoms with Gasteiger partial charge in [-0.15, -0.1) is 0 Å². The molecule has 0 saturated heterocycles. The molecule has 126 valence electrons. The van der Waals surface area contributed by atoms with E-state index in [9.17, 15) is 0 Å². The Kier molecular flexibility index (Phi) is 2.03. The first kappa shape index (κ1) is 12.9. The lowest BCUT2D eigenvalue weighted by Crippen LogP contribution is -2.04. The molecule has 7 aromatic rings. The summed E-state index contributed by atoms with van der Waals surface area (Å²) in [5.41, 5.74) is 3.83. The predicted octanol–water partition coefficient (Wildman–Crippen LogP) is 0.459. The lowest BCUT2D eigenvalue weighted by molar-refractivity contribution is 1.01. The molecule has 7 heterocycles. The zero-order valence-corrected chi connectivity index (χ0v) is 13.3. The van der Waals surface area contributed by atoms with Crippen molar-refractivity contribution in [2.45, 2.75) is 0 Å². The molecular weight excluding hydrogens is 348 g/mol. The van der Waals surface area contributed by atoms with E-state index >= 15 is 0 Å². The third-order valence-corrected chi connectivity index (χ3v) is 4.56. The fourth-order valence-electron chi connectivity index (χ4n) is 3.48. The van der Waals surface area contributed by atoms with Crippen LogP contribution in [-0.2, 0) is 0 Å². The van der Waals surface area contributed by atoms with Crippen LogP contribution in [0, 0.1) is 0 Å². The molecule has 0 aliphatic rings. The minimum Gasteiger partial charge on any atom is -0.243 e. The van der Waals surface area contributed by atoms with Crippen molar-refractivity contribution in [3.05, 3.63) is 37.6 Å². The zero-order valence-electron chi connectivity index (χ0n) is 13.3. The lowest BCUT2D eigenvalue weighted by Gasteiger charge is -2.04. The van der Waals surface area contributed by atoms with Crippen LogP contribution < -0.4 is 0 Å². The Morgan fingerprint density at radius 1 is 0.481 bits per heavy atom. The maximum absolute atomic E-state index is 4.68. The normalized spacial score (nSPS) is 12.4. The second-order valence-electron chi connectivity index (χ2n) is 5.94. The number of rotatable bonds is 0. The molecule has 0 aromatic carbocycles. The molecule has 7 rings (SSSR count). The van der Waals surface area contributed by atoms with Crippen molar-refractivity contribution >= 4 is 50.8 Å². The summed E-state index contributed by atoms with van der Waals surface area (Å²) < 4.78 is 5.62. The van der Waals surface area contributed by atoms with Crippen molar-refractivity contribution in [2.24, 2.45) is 0 Å². The zero-order chi connectivity index (χ0) is 17.5. The summed E-state index contributed by atoms with van der Waals surface area (Å²) in [6.07, 6.45) is 9.50. The van der Waals surface area contributed by atoms with Gasteiger partial charge in [-0.1, -0.05) is 0 Å². The monoisotopic (exact) mass is 354 g/mol. The van der Waals surface area contributed by atoms with E-state index in [2.05, 4.69) is 44.9 Å². The number of nitrogens with zero attached hydrogens (tertiary/aromatic N) is 12. The third kappa shape index (κ3) is 1.42. The van der Waals surface area contributed by atoms with Gasteiger partial charge in [-0.25, -0.2) is 43.1 Å². The summed E-state index contributed by atoms with van der Waals surface area (Å²) in [6, 6.07) is 0. The molecule has 0 amide bonds. The molecule has 0 spiro atoms. The fourth-order valence-corrected chi connectivity index (χ4v) is 3.48. The van der Waals surface area contributed by atoms with E-state index in [1.54, 1.807) is 18.6 Å². The number of imidazole rings is 3. The quantitative estimate of drug-likeness (QED) is 0.381. The minimum atomic E-state index is 0.552. The van der Waals surface area contributed by atoms with Gasteiger partial charge in [0.1, 0.15) is 35.5 Å². The van der Waals surface area contributed by atoms with Crippen LogP contribution in [0.1, 0.15) is 0 Å². The highest BCUT2D eigenvalue weighted by molar-refractivity contribution is 5.87. The largest absolute Gasteiger partial charge is 0.243 e. The predicted molar refractivity (Wildman–Crippen MR) is 92.0 cm³/mol. The van der Waals surface area contributed by atoms with E-state index in [-0.39, 0.29) is 0 Å². The maximum Gasteiger partial charge on any atom is 0.227 e. The van der Waals surface area contributed by atoms with Gasteiger partial charge in [-0.2, -0.15) is 15.0 Å². The molecule has 7 aromatic heterocycles. The molecule has 0 N–H and O–H groups in total. The highest BCUT2D eigenvalue weighted by atomic mass is 15.3. The first-order valence-corrected chi connectivity index (χ1v) is 7.96. The van der Waals surface area contributed by atoms with Crippen molar-refractivity contribution in [3.8, 4) is 0 Å². The van der Waals surface area contributed by atoms with Crippen LogP contribution in [0.4, 0.5) is 0 Å². The summed E-state index contributed by atoms with van der Waals surface area (Å²) in [4.78, 5) is 39.3. The topological polar surface area (TPSA) is 129 Å². The second kappa shape index (κ2) is 4.24. The summed E-state index contributed by atoms with van der Waals surface area (Å²) in [6.45, 7) is 0. The van der Waals surface area contributed by atoms with Crippen molar-refractivity contribution in [3.63, 3.8) is 0 Å². The molecular formula is C15H6N12. The molecule has 0 fully saturated rings. The summed E-state index contributed by atoms with van der Waals surface area (Å²) in [7, 11) is 0. The van der Waals surface area contributed by atoms with Gasteiger partial charge in [0, 0.05) is 0 Å². The Balaban J connectivity index is 1.95. The average Bonchev–Trinajstić information content (AvgIpc) is 3.38. The molecule has 12 nitrogen and oxygen atoms in total. The van der Waals surface area contributed by atoms with Gasteiger partial charge in [0.05, 0.1) is 18.6 Å². The molecule has 0 saturated carbocycles. The van der Waals surface area contributed by atoms with E-state index < -0.39 is 0 Å². The summed E-state index contributed by atoms with van der Waals surface area (Å²) in [5, 5.41) is 0.